The van der Waals surface area contributed by atoms with Gasteiger partial charge in [-0.3, -0.25) is 14.4 Å². The fourth-order valence-corrected chi connectivity index (χ4v) is 15.9. The molecule has 0 aromatic carbocycles. The van der Waals surface area contributed by atoms with E-state index in [2.05, 4.69) is 62.3 Å². The van der Waals surface area contributed by atoms with E-state index in [1.54, 1.807) is 6.92 Å². The first kappa shape index (κ1) is 50.7. The van der Waals surface area contributed by atoms with E-state index in [1.165, 1.54) is 6.42 Å². The molecule has 1 aliphatic heterocycles. The fourth-order valence-electron chi connectivity index (χ4n) is 15.9. The molecular formula is C55H90O10. The predicted molar refractivity (Wildman–Crippen MR) is 250 cm³/mol. The van der Waals surface area contributed by atoms with Crippen molar-refractivity contribution in [1.82, 2.24) is 0 Å². The molecule has 0 aromatic heterocycles. The van der Waals surface area contributed by atoms with Crippen molar-refractivity contribution in [2.75, 3.05) is 6.61 Å². The van der Waals surface area contributed by atoms with Gasteiger partial charge in [0.25, 0.3) is 0 Å². The molecule has 1 saturated heterocycles. The summed E-state index contributed by atoms with van der Waals surface area (Å²) < 4.78 is 25.0. The normalized spacial score (nSPS) is 38.0. The van der Waals surface area contributed by atoms with Gasteiger partial charge in [-0.25, -0.2) is 4.79 Å². The zero-order chi connectivity index (χ0) is 48.4. The molecule has 0 aromatic rings. The lowest BCUT2D eigenvalue weighted by Crippen LogP contribution is -2.63. The Kier molecular flexibility index (Phi) is 12.8. The molecule has 1 heterocycles. The molecular weight excluding hydrogens is 821 g/mol. The highest BCUT2D eigenvalue weighted by Gasteiger charge is 2.65. The number of cyclic esters (lactones) is 1. The minimum Gasteiger partial charge on any atom is -0.463 e. The Balaban J connectivity index is 1.21. The van der Waals surface area contributed by atoms with E-state index >= 15 is 9.59 Å². The standard InChI is InChI=1S/C55H90O10/c1-16-50(12,29-39(47(5,6)7)43(57)64-55-27-35-20-36(28-55)26-54(61,25-35)32-55)48(8,9)40(42(56)63-41-17-18-62-44(41)58)30-52(14,60)49(10,11)51(13,31-46(2,3)4)45(59)65-53(15)37-21-33-19-34(23-37)24-38(53)22-33/h33-41,60-61H,16-32H2,1-15H3. The topological polar surface area (TPSA) is 146 Å². The van der Waals surface area contributed by atoms with E-state index in [4.69, 9.17) is 18.9 Å². The average Bonchev–Trinajstić information content (AvgIpc) is 3.55. The Morgan fingerprint density at radius 1 is 0.738 bits per heavy atom. The molecule has 9 aliphatic rings. The van der Waals surface area contributed by atoms with Crippen LogP contribution in [0.25, 0.3) is 0 Å². The van der Waals surface area contributed by atoms with Gasteiger partial charge in [-0.15, -0.1) is 0 Å². The number of rotatable bonds is 16. The van der Waals surface area contributed by atoms with Gasteiger partial charge in [0.15, 0.2) is 0 Å². The fraction of sp³-hybridized carbons (Fsp3) is 0.927. The maximum Gasteiger partial charge on any atom is 0.347 e. The van der Waals surface area contributed by atoms with Gasteiger partial charge >= 0.3 is 23.9 Å². The van der Waals surface area contributed by atoms with Gasteiger partial charge in [-0.2, -0.15) is 0 Å². The molecule has 8 bridgehead atoms. The first-order valence-corrected chi connectivity index (χ1v) is 25.9. The van der Waals surface area contributed by atoms with Gasteiger partial charge in [-0.05, 0) is 161 Å². The zero-order valence-electron chi connectivity index (χ0n) is 43.4. The highest BCUT2D eigenvalue weighted by atomic mass is 16.6. The quantitative estimate of drug-likeness (QED) is 0.113. The summed E-state index contributed by atoms with van der Waals surface area (Å²) in [6.45, 7) is 30.8. The van der Waals surface area contributed by atoms with Crippen molar-refractivity contribution < 1.29 is 48.3 Å². The average molecular weight is 911 g/mol. The molecule has 65 heavy (non-hydrogen) atoms. The van der Waals surface area contributed by atoms with Crippen LogP contribution in [0.15, 0.2) is 0 Å². The highest BCUT2D eigenvalue weighted by molar-refractivity contribution is 5.82. The Morgan fingerprint density at radius 2 is 1.28 bits per heavy atom. The lowest BCUT2D eigenvalue weighted by Gasteiger charge is -2.60. The highest BCUT2D eigenvalue weighted by Crippen LogP contribution is 2.64. The second-order valence-electron chi connectivity index (χ2n) is 28.0. The molecule has 10 heteroatoms. The molecule has 0 radical (unpaired) electrons. The van der Waals surface area contributed by atoms with Crippen LogP contribution in [0.3, 0.4) is 0 Å². The monoisotopic (exact) mass is 911 g/mol. The third kappa shape index (κ3) is 9.10. The van der Waals surface area contributed by atoms with Gasteiger partial charge < -0.3 is 29.2 Å². The van der Waals surface area contributed by atoms with Crippen molar-refractivity contribution in [3.63, 3.8) is 0 Å². The molecule has 0 amide bonds. The molecule has 370 valence electrons. The summed E-state index contributed by atoms with van der Waals surface area (Å²) >= 11 is 0. The second kappa shape index (κ2) is 16.5. The molecule has 8 aliphatic carbocycles. The zero-order valence-corrected chi connectivity index (χ0v) is 43.4. The van der Waals surface area contributed by atoms with E-state index in [9.17, 15) is 19.8 Å². The van der Waals surface area contributed by atoms with E-state index in [0.717, 1.165) is 57.8 Å². The molecule has 8 unspecified atom stereocenters. The van der Waals surface area contributed by atoms with Crippen LogP contribution < -0.4 is 0 Å². The van der Waals surface area contributed by atoms with E-state index in [-0.39, 0.29) is 36.8 Å². The number of hydrogen-bond donors (Lipinski definition) is 2. The third-order valence-corrected chi connectivity index (χ3v) is 20.6. The Morgan fingerprint density at radius 3 is 1.74 bits per heavy atom. The number of carbonyl (C=O) groups is 4. The van der Waals surface area contributed by atoms with Crippen LogP contribution in [0.4, 0.5) is 0 Å². The van der Waals surface area contributed by atoms with Crippen molar-refractivity contribution in [2.45, 2.75) is 235 Å². The van der Waals surface area contributed by atoms with Crippen LogP contribution in [0, 0.1) is 79.8 Å². The summed E-state index contributed by atoms with van der Waals surface area (Å²) in [7, 11) is 0. The minimum absolute atomic E-state index is 0.0722. The third-order valence-electron chi connectivity index (χ3n) is 20.6. The van der Waals surface area contributed by atoms with Crippen molar-refractivity contribution in [2.24, 2.45) is 79.8 Å². The summed E-state index contributed by atoms with van der Waals surface area (Å²) in [4.78, 5) is 58.0. The summed E-state index contributed by atoms with van der Waals surface area (Å²) in [5.74, 6) is -0.476. The van der Waals surface area contributed by atoms with Crippen LogP contribution in [0.5, 0.6) is 0 Å². The number of esters is 4. The molecule has 8 saturated carbocycles. The van der Waals surface area contributed by atoms with Gasteiger partial charge in [0.2, 0.25) is 6.10 Å². The molecule has 2 N–H and O–H groups in total. The van der Waals surface area contributed by atoms with Crippen molar-refractivity contribution in [3.8, 4) is 0 Å². The summed E-state index contributed by atoms with van der Waals surface area (Å²) in [6.07, 6.45) is 10.9. The maximum atomic E-state index is 15.3. The summed E-state index contributed by atoms with van der Waals surface area (Å²) in [5, 5.41) is 24.9. The predicted octanol–water partition coefficient (Wildman–Crippen LogP) is 11.0. The van der Waals surface area contributed by atoms with Gasteiger partial charge in [0, 0.05) is 18.3 Å². The Labute approximate surface area is 392 Å². The summed E-state index contributed by atoms with van der Waals surface area (Å²) in [6, 6.07) is 0. The lowest BCUT2D eigenvalue weighted by molar-refractivity contribution is -0.230. The number of carbonyl (C=O) groups excluding carboxylic acids is 4. The lowest BCUT2D eigenvalue weighted by atomic mass is 9.49. The van der Waals surface area contributed by atoms with Crippen LogP contribution >= 0.6 is 0 Å². The van der Waals surface area contributed by atoms with Crippen LogP contribution in [0.2, 0.25) is 0 Å². The molecule has 10 nitrogen and oxygen atoms in total. The first-order chi connectivity index (χ1) is 29.6. The van der Waals surface area contributed by atoms with E-state index in [1.807, 2.05) is 34.6 Å². The number of aliphatic hydroxyl groups is 2. The Hall–Kier alpha value is -2.20. The van der Waals surface area contributed by atoms with E-state index in [0.29, 0.717) is 61.2 Å². The molecule has 0 spiro atoms. The maximum absolute atomic E-state index is 15.3. The largest absolute Gasteiger partial charge is 0.463 e. The van der Waals surface area contributed by atoms with E-state index < -0.39 is 79.4 Å². The van der Waals surface area contributed by atoms with Crippen molar-refractivity contribution in [1.29, 1.82) is 0 Å². The molecule has 9 rings (SSSR count). The van der Waals surface area contributed by atoms with Crippen LogP contribution in [-0.4, -0.2) is 69.2 Å². The van der Waals surface area contributed by atoms with Crippen LogP contribution in [-0.2, 0) is 38.1 Å². The second-order valence-corrected chi connectivity index (χ2v) is 28.0. The number of ether oxygens (including phenoxy) is 4. The first-order valence-electron chi connectivity index (χ1n) is 25.9. The van der Waals surface area contributed by atoms with Crippen molar-refractivity contribution >= 4 is 23.9 Å². The van der Waals surface area contributed by atoms with Crippen LogP contribution in [0.1, 0.15) is 207 Å². The SMILES string of the molecule is CCC(C)(CC(C(=O)OC12CC3CC(CC(O)(C3)C1)C2)C(C)(C)C)C(C)(C)C(CC(C)(O)C(C)(C)C(C)(CC(C)(C)C)C(=O)OC1(C)C2CC3CC(C2)CC1C3)C(=O)OC1CCOC1=O. The molecule has 9 fully saturated rings. The Bertz CT molecular complexity index is 1800. The van der Waals surface area contributed by atoms with Gasteiger partial charge in [0.1, 0.15) is 11.2 Å². The van der Waals surface area contributed by atoms with Gasteiger partial charge in [-0.1, -0.05) is 89.5 Å². The summed E-state index contributed by atoms with van der Waals surface area (Å²) in [5.41, 5.74) is -8.46. The number of hydrogen-bond acceptors (Lipinski definition) is 10. The van der Waals surface area contributed by atoms with Gasteiger partial charge in [0.05, 0.1) is 35.1 Å². The molecule has 8 atom stereocenters. The van der Waals surface area contributed by atoms with Crippen molar-refractivity contribution in [3.05, 3.63) is 0 Å². The smallest absolute Gasteiger partial charge is 0.347 e. The minimum atomic E-state index is -1.65.